The molecule has 3 aliphatic rings. The number of hydrogen-bond acceptors (Lipinski definition) is 1. The average Bonchev–Trinajstić information content (AvgIpc) is 3.19. The molecule has 0 saturated heterocycles. The molecule has 5 heteroatoms. The van der Waals surface area contributed by atoms with Gasteiger partial charge in [-0.25, -0.2) is 0 Å². The summed E-state index contributed by atoms with van der Waals surface area (Å²) in [5.41, 5.74) is 3.05. The summed E-state index contributed by atoms with van der Waals surface area (Å²) in [4.78, 5) is 0. The van der Waals surface area contributed by atoms with Gasteiger partial charge >= 0.3 is 132 Å². The molecule has 2 unspecified atom stereocenters. The number of benzene rings is 1. The van der Waals surface area contributed by atoms with Crippen LogP contribution in [0.25, 0.3) is 6.08 Å². The van der Waals surface area contributed by atoms with Crippen molar-refractivity contribution in [3.63, 3.8) is 0 Å². The molecular weight excluding hydrogens is 411 g/mol. The first-order chi connectivity index (χ1) is 9.92. The Morgan fingerprint density at radius 1 is 1.18 bits per heavy atom. The molecule has 1 nitrogen and oxygen atoms in total. The van der Waals surface area contributed by atoms with Crippen LogP contribution in [0.15, 0.2) is 63.1 Å². The van der Waals surface area contributed by atoms with Gasteiger partial charge in [-0.3, -0.25) is 0 Å². The van der Waals surface area contributed by atoms with Gasteiger partial charge in [0.1, 0.15) is 0 Å². The van der Waals surface area contributed by atoms with Crippen LogP contribution in [0.5, 0.6) is 0 Å². The van der Waals surface area contributed by atoms with Gasteiger partial charge in [0, 0.05) is 0 Å². The molecule has 4 rings (SSSR count). The zero-order valence-electron chi connectivity index (χ0n) is 11.9. The Balaban J connectivity index is 0.000000882. The van der Waals surface area contributed by atoms with E-state index < -0.39 is 30.8 Å². The van der Waals surface area contributed by atoms with Crippen molar-refractivity contribution in [1.29, 1.82) is 0 Å². The second-order valence-corrected chi connectivity index (χ2v) is 11.0. The van der Waals surface area contributed by atoms with E-state index in [0.717, 1.165) is 3.63 Å². The summed E-state index contributed by atoms with van der Waals surface area (Å²) < 4.78 is 2.48. The zero-order valence-corrected chi connectivity index (χ0v) is 16.9. The predicted molar refractivity (Wildman–Crippen MR) is 85.7 cm³/mol. The largest absolute Gasteiger partial charge is 1.00 e. The zero-order chi connectivity index (χ0) is 13.4. The number of nitrogens with one attached hydrogen (secondary N) is 1. The second kappa shape index (κ2) is 8.02. The van der Waals surface area contributed by atoms with E-state index in [9.17, 15) is 0 Å². The number of fused-ring (bicyclic) bond motifs is 1. The SMILES string of the molecule is C1=CC[C]([Zr+2][CH]2C([PH]3=CNC=C3)=Cc3ccccc32)=C1.[Cl-].[Cl-]. The van der Waals surface area contributed by atoms with E-state index in [1.807, 2.05) is 0 Å². The smallest absolute Gasteiger partial charge is 1.00 e. The fourth-order valence-electron chi connectivity index (χ4n) is 2.97. The molecule has 1 aromatic carbocycles. The maximum atomic E-state index is 3.28. The third-order valence-corrected chi connectivity index (χ3v) is 10.8. The summed E-state index contributed by atoms with van der Waals surface area (Å²) in [6.07, 6.45) is 12.7. The molecule has 1 heterocycles. The van der Waals surface area contributed by atoms with Crippen LogP contribution in [-0.2, 0) is 23.2 Å². The van der Waals surface area contributed by atoms with Crippen molar-refractivity contribution in [2.75, 3.05) is 0 Å². The Labute approximate surface area is 156 Å². The van der Waals surface area contributed by atoms with Crippen LogP contribution in [0.4, 0.5) is 0 Å². The molecule has 2 atom stereocenters. The number of hydrogen-bond donors (Lipinski definition) is 1. The molecule has 2 aliphatic carbocycles. The number of rotatable bonds is 3. The summed E-state index contributed by atoms with van der Waals surface area (Å²) in [5.74, 6) is 4.70. The van der Waals surface area contributed by atoms with Crippen LogP contribution in [0, 0.1) is 0 Å². The Hall–Kier alpha value is -0.257. The Morgan fingerprint density at radius 2 is 2.05 bits per heavy atom. The first-order valence-corrected chi connectivity index (χ1v) is 11.3. The van der Waals surface area contributed by atoms with Gasteiger partial charge in [0.05, 0.1) is 0 Å². The van der Waals surface area contributed by atoms with Crippen LogP contribution in [0.2, 0.25) is 0 Å². The third-order valence-electron chi connectivity index (χ3n) is 3.96. The van der Waals surface area contributed by atoms with Crippen molar-refractivity contribution < 1.29 is 48.0 Å². The maximum Gasteiger partial charge on any atom is -1.00 e. The number of allylic oxidation sites excluding steroid dienone is 5. The van der Waals surface area contributed by atoms with Crippen molar-refractivity contribution >= 4 is 19.5 Å². The van der Waals surface area contributed by atoms with E-state index in [4.69, 9.17) is 0 Å². The summed E-state index contributed by atoms with van der Waals surface area (Å²) in [6.45, 7) is 0. The monoisotopic (exact) mass is 425 g/mol. The van der Waals surface area contributed by atoms with Gasteiger partial charge in [-0.05, 0) is 0 Å². The average molecular weight is 427 g/mol. The molecule has 0 amide bonds. The van der Waals surface area contributed by atoms with E-state index in [1.54, 1.807) is 14.2 Å². The van der Waals surface area contributed by atoms with Crippen LogP contribution in [-0.4, -0.2) is 5.92 Å². The van der Waals surface area contributed by atoms with Crippen LogP contribution in [0.3, 0.4) is 0 Å². The van der Waals surface area contributed by atoms with Crippen molar-refractivity contribution in [2.24, 2.45) is 0 Å². The predicted octanol–water partition coefficient (Wildman–Crippen LogP) is -1.94. The van der Waals surface area contributed by atoms with Gasteiger partial charge in [0.2, 0.25) is 0 Å². The van der Waals surface area contributed by atoms with E-state index in [1.165, 1.54) is 12.0 Å². The van der Waals surface area contributed by atoms with Crippen LogP contribution < -0.4 is 30.1 Å². The Kier molecular flexibility index (Phi) is 6.60. The van der Waals surface area contributed by atoms with E-state index in [2.05, 4.69) is 71.8 Å². The topological polar surface area (TPSA) is 12.0 Å². The third kappa shape index (κ3) is 3.46. The van der Waals surface area contributed by atoms with Gasteiger partial charge in [0.25, 0.3) is 0 Å². The first kappa shape index (κ1) is 18.1. The minimum Gasteiger partial charge on any atom is -1.00 e. The fraction of sp³-hybridized carbons (Fsp3) is 0.118. The van der Waals surface area contributed by atoms with Gasteiger partial charge in [0.15, 0.2) is 0 Å². The molecule has 0 saturated carbocycles. The first-order valence-electron chi connectivity index (χ1n) is 6.98. The van der Waals surface area contributed by atoms with Crippen LogP contribution >= 0.6 is 7.55 Å². The van der Waals surface area contributed by atoms with Crippen molar-refractivity contribution in [3.8, 4) is 0 Å². The Bertz CT molecular complexity index is 719. The molecule has 0 fully saturated rings. The van der Waals surface area contributed by atoms with Crippen molar-refractivity contribution in [1.82, 2.24) is 5.32 Å². The quantitative estimate of drug-likeness (QED) is 0.554. The van der Waals surface area contributed by atoms with Gasteiger partial charge in [-0.1, -0.05) is 0 Å². The van der Waals surface area contributed by atoms with Crippen molar-refractivity contribution in [3.05, 3.63) is 74.2 Å². The Morgan fingerprint density at radius 3 is 2.77 bits per heavy atom. The molecule has 0 spiro atoms. The summed E-state index contributed by atoms with van der Waals surface area (Å²) in [6, 6.07) is 9.00. The standard InChI is InChI=1S/C12H11NP.C5H5.2ClH.Zr/c1-2-4-11-8-12(7-10(11)3-1)14-6-5-13-9-14;1-2-4-5-3-1;;;/h1-9,13-14H;1-3H,4H2;2*1H;/q;;;;+2/p-2. The maximum absolute atomic E-state index is 3.28. The van der Waals surface area contributed by atoms with Gasteiger partial charge in [-0.2, -0.15) is 0 Å². The summed E-state index contributed by atoms with van der Waals surface area (Å²) >= 11 is -0.570. The normalized spacial score (nSPS) is 23.3. The summed E-state index contributed by atoms with van der Waals surface area (Å²) in [7, 11) is -0.606. The molecule has 0 aromatic heterocycles. The van der Waals surface area contributed by atoms with E-state index in [-0.39, 0.29) is 24.8 Å². The molecule has 1 N–H and O–H groups in total. The molecule has 112 valence electrons. The number of halogens is 2. The van der Waals surface area contributed by atoms with Crippen LogP contribution in [0.1, 0.15) is 21.2 Å². The summed E-state index contributed by atoms with van der Waals surface area (Å²) in [5, 5.41) is 4.99. The molecular formula is C17H16Cl2NPZr. The molecule has 0 radical (unpaired) electrons. The minimum atomic E-state index is -0.606. The fourth-order valence-corrected chi connectivity index (χ4v) is 10.0. The van der Waals surface area contributed by atoms with Gasteiger partial charge < -0.3 is 24.8 Å². The molecule has 22 heavy (non-hydrogen) atoms. The van der Waals surface area contributed by atoms with Crippen molar-refractivity contribution in [2.45, 2.75) is 10.0 Å². The van der Waals surface area contributed by atoms with E-state index in [0.29, 0.717) is 0 Å². The van der Waals surface area contributed by atoms with E-state index >= 15 is 0 Å². The van der Waals surface area contributed by atoms with Gasteiger partial charge in [-0.15, -0.1) is 0 Å². The molecule has 0 bridgehead atoms. The minimum absolute atomic E-state index is 0. The second-order valence-electron chi connectivity index (χ2n) is 5.23. The molecule has 1 aromatic rings. The molecule has 1 aliphatic heterocycles.